The van der Waals surface area contributed by atoms with Gasteiger partial charge in [-0.25, -0.2) is 4.39 Å². The van der Waals surface area contributed by atoms with Gasteiger partial charge in [0.1, 0.15) is 18.2 Å². The highest BCUT2D eigenvalue weighted by molar-refractivity contribution is 7.15. The summed E-state index contributed by atoms with van der Waals surface area (Å²) >= 11 is 7.37. The van der Waals surface area contributed by atoms with E-state index in [1.807, 2.05) is 24.3 Å². The highest BCUT2D eigenvalue weighted by atomic mass is 35.5. The maximum Gasteiger partial charge on any atom is 0.286 e. The summed E-state index contributed by atoms with van der Waals surface area (Å²) in [6.07, 6.45) is 3.39. The molecule has 0 unspecified atom stereocenters. The molecular weight excluding hydrogens is 401 g/mol. The van der Waals surface area contributed by atoms with Crippen molar-refractivity contribution in [3.63, 3.8) is 0 Å². The van der Waals surface area contributed by atoms with E-state index in [-0.39, 0.29) is 10.8 Å². The third-order valence-electron chi connectivity index (χ3n) is 3.47. The number of amides is 1. The van der Waals surface area contributed by atoms with Crippen molar-refractivity contribution in [1.82, 2.24) is 10.2 Å². The van der Waals surface area contributed by atoms with Gasteiger partial charge in [0, 0.05) is 5.69 Å². The van der Waals surface area contributed by atoms with Crippen molar-refractivity contribution < 1.29 is 13.9 Å². The number of carbonyl (C=O) groups is 1. The Kier molecular flexibility index (Phi) is 6.52. The molecule has 5 nitrogen and oxygen atoms in total. The van der Waals surface area contributed by atoms with Crippen LogP contribution < -0.4 is 10.1 Å². The Morgan fingerprint density at radius 3 is 2.50 bits per heavy atom. The van der Waals surface area contributed by atoms with Crippen LogP contribution in [0.4, 0.5) is 10.1 Å². The van der Waals surface area contributed by atoms with Gasteiger partial charge in [-0.2, -0.15) is 0 Å². The zero-order valence-electron chi connectivity index (χ0n) is 14.6. The molecular formula is C20H15ClFN3O2S. The molecule has 0 aliphatic rings. The fourth-order valence-corrected chi connectivity index (χ4v) is 3.08. The zero-order chi connectivity index (χ0) is 19.9. The molecule has 142 valence electrons. The Hall–Kier alpha value is -3.03. The van der Waals surface area contributed by atoms with Crippen molar-refractivity contribution in [2.45, 2.75) is 0 Å². The van der Waals surface area contributed by atoms with Crippen LogP contribution in [-0.2, 0) is 0 Å². The molecule has 0 saturated heterocycles. The van der Waals surface area contributed by atoms with Crippen molar-refractivity contribution in [2.24, 2.45) is 0 Å². The first-order chi connectivity index (χ1) is 13.5. The second-order valence-electron chi connectivity index (χ2n) is 5.53. The minimum atomic E-state index is -0.441. The lowest BCUT2D eigenvalue weighted by Crippen LogP contribution is -2.11. The second kappa shape index (κ2) is 9.25. The lowest BCUT2D eigenvalue weighted by Gasteiger charge is -2.03. The summed E-state index contributed by atoms with van der Waals surface area (Å²) in [5.74, 6) is -0.0965. The van der Waals surface area contributed by atoms with Crippen LogP contribution in [0, 0.1) is 5.82 Å². The number of halogens is 2. The van der Waals surface area contributed by atoms with Crippen LogP contribution >= 0.6 is 22.9 Å². The Morgan fingerprint density at radius 1 is 1.14 bits per heavy atom. The van der Waals surface area contributed by atoms with Crippen molar-refractivity contribution in [3.8, 4) is 5.75 Å². The highest BCUT2D eigenvalue weighted by Crippen LogP contribution is 2.26. The minimum Gasteiger partial charge on any atom is -0.490 e. The molecule has 0 saturated carbocycles. The third kappa shape index (κ3) is 5.25. The van der Waals surface area contributed by atoms with Crippen LogP contribution in [0.15, 0.2) is 61.2 Å². The van der Waals surface area contributed by atoms with E-state index in [1.54, 1.807) is 12.2 Å². The van der Waals surface area contributed by atoms with Crippen LogP contribution in [0.2, 0.25) is 0 Å². The highest BCUT2D eigenvalue weighted by Gasteiger charge is 2.15. The van der Waals surface area contributed by atoms with E-state index in [2.05, 4.69) is 22.1 Å². The average Bonchev–Trinajstić information content (AvgIpc) is 3.20. The largest absolute Gasteiger partial charge is 0.490 e. The summed E-state index contributed by atoms with van der Waals surface area (Å²) in [5.41, 5.74) is 1.31. The molecule has 8 heteroatoms. The zero-order valence-corrected chi connectivity index (χ0v) is 16.1. The van der Waals surface area contributed by atoms with Gasteiger partial charge in [-0.3, -0.25) is 4.79 Å². The summed E-state index contributed by atoms with van der Waals surface area (Å²) in [6, 6.07) is 12.8. The van der Waals surface area contributed by atoms with Crippen LogP contribution in [0.25, 0.3) is 11.1 Å². The van der Waals surface area contributed by atoms with E-state index < -0.39 is 5.91 Å². The molecule has 0 bridgehead atoms. The Bertz CT molecular complexity index is 1000. The number of carbonyl (C=O) groups excluding carboxylic acids is 1. The lowest BCUT2D eigenvalue weighted by atomic mass is 10.2. The van der Waals surface area contributed by atoms with E-state index in [1.165, 1.54) is 24.3 Å². The van der Waals surface area contributed by atoms with Gasteiger partial charge < -0.3 is 10.1 Å². The lowest BCUT2D eigenvalue weighted by molar-refractivity contribution is 0.102. The van der Waals surface area contributed by atoms with E-state index in [0.717, 1.165) is 22.6 Å². The maximum absolute atomic E-state index is 12.9. The van der Waals surface area contributed by atoms with Crippen molar-refractivity contribution >= 4 is 45.6 Å². The molecule has 1 N–H and O–H groups in total. The van der Waals surface area contributed by atoms with E-state index >= 15 is 0 Å². The molecule has 0 atom stereocenters. The van der Waals surface area contributed by atoms with Crippen LogP contribution in [0.3, 0.4) is 0 Å². The maximum atomic E-state index is 12.9. The third-order valence-corrected chi connectivity index (χ3v) is 4.82. The van der Waals surface area contributed by atoms with E-state index in [9.17, 15) is 9.18 Å². The fraction of sp³-hybridized carbons (Fsp3) is 0.0500. The quantitative estimate of drug-likeness (QED) is 0.536. The number of hydrogen-bond acceptors (Lipinski definition) is 5. The normalized spacial score (nSPS) is 11.1. The van der Waals surface area contributed by atoms with Gasteiger partial charge in [-0.15, -0.1) is 10.2 Å². The Labute approximate surface area is 170 Å². The number of hydrogen-bond donors (Lipinski definition) is 1. The molecule has 1 amide bonds. The number of ether oxygens (including phenoxy) is 1. The standard InChI is InChI=1S/C20H15ClFN3O2S/c1-2-11-27-16-9-3-13(4-10-16)12-17(21)19-24-25-20(28-19)18(26)23-15-7-5-14(22)6-8-15/h2-10,12H,1,11H2,(H,23,26)/b17-12-. The number of nitrogens with zero attached hydrogens (tertiary/aromatic N) is 2. The summed E-state index contributed by atoms with van der Waals surface area (Å²) in [5, 5.41) is 11.4. The van der Waals surface area contributed by atoms with Gasteiger partial charge in [0.25, 0.3) is 5.91 Å². The van der Waals surface area contributed by atoms with Gasteiger partial charge >= 0.3 is 0 Å². The van der Waals surface area contributed by atoms with Crippen LogP contribution in [-0.4, -0.2) is 22.7 Å². The second-order valence-corrected chi connectivity index (χ2v) is 6.92. The molecule has 0 aliphatic heterocycles. The number of anilines is 1. The van der Waals surface area contributed by atoms with Crippen molar-refractivity contribution in [1.29, 1.82) is 0 Å². The number of nitrogens with one attached hydrogen (secondary N) is 1. The van der Waals surface area contributed by atoms with Gasteiger partial charge in [0.2, 0.25) is 5.01 Å². The van der Waals surface area contributed by atoms with E-state index in [0.29, 0.717) is 22.3 Å². The summed E-state index contributed by atoms with van der Waals surface area (Å²) in [7, 11) is 0. The van der Waals surface area contributed by atoms with Gasteiger partial charge in [-0.1, -0.05) is 47.7 Å². The Balaban J connectivity index is 1.68. The number of aromatic nitrogens is 2. The monoisotopic (exact) mass is 415 g/mol. The van der Waals surface area contributed by atoms with Crippen LogP contribution in [0.1, 0.15) is 20.4 Å². The Morgan fingerprint density at radius 2 is 1.82 bits per heavy atom. The van der Waals surface area contributed by atoms with Gasteiger partial charge in [0.15, 0.2) is 5.01 Å². The molecule has 1 heterocycles. The first kappa shape index (κ1) is 19.7. The molecule has 28 heavy (non-hydrogen) atoms. The summed E-state index contributed by atoms with van der Waals surface area (Å²) in [6.45, 7) is 4.03. The van der Waals surface area contributed by atoms with Gasteiger partial charge in [0.05, 0.1) is 5.03 Å². The first-order valence-corrected chi connectivity index (χ1v) is 9.36. The number of rotatable bonds is 7. The smallest absolute Gasteiger partial charge is 0.286 e. The molecule has 0 fully saturated rings. The average molecular weight is 416 g/mol. The fourth-order valence-electron chi connectivity index (χ4n) is 2.15. The molecule has 2 aromatic carbocycles. The predicted octanol–water partition coefficient (Wildman–Crippen LogP) is 5.23. The molecule has 3 aromatic rings. The van der Waals surface area contributed by atoms with E-state index in [4.69, 9.17) is 16.3 Å². The predicted molar refractivity (Wildman–Crippen MR) is 110 cm³/mol. The van der Waals surface area contributed by atoms with Crippen LogP contribution in [0.5, 0.6) is 5.75 Å². The summed E-state index contributed by atoms with van der Waals surface area (Å²) in [4.78, 5) is 12.2. The minimum absolute atomic E-state index is 0.152. The molecule has 0 radical (unpaired) electrons. The van der Waals surface area contributed by atoms with Crippen molar-refractivity contribution in [2.75, 3.05) is 11.9 Å². The van der Waals surface area contributed by atoms with Crippen molar-refractivity contribution in [3.05, 3.63) is 82.6 Å². The molecule has 0 spiro atoms. The molecule has 0 aliphatic carbocycles. The number of benzene rings is 2. The molecule has 3 rings (SSSR count). The van der Waals surface area contributed by atoms with Gasteiger partial charge in [-0.05, 0) is 48.0 Å². The SMILES string of the molecule is C=CCOc1ccc(/C=C(\Cl)c2nnc(C(=O)Nc3ccc(F)cc3)s2)cc1. The molecule has 1 aromatic heterocycles. The first-order valence-electron chi connectivity index (χ1n) is 8.17. The topological polar surface area (TPSA) is 64.1 Å². The summed E-state index contributed by atoms with van der Waals surface area (Å²) < 4.78 is 18.4.